The van der Waals surface area contributed by atoms with Gasteiger partial charge in [0.25, 0.3) is 5.91 Å². The fourth-order valence-electron chi connectivity index (χ4n) is 5.36. The fraction of sp³-hybridized carbons (Fsp3) is 0.281. The number of benzene rings is 3. The van der Waals surface area contributed by atoms with Gasteiger partial charge in [-0.1, -0.05) is 71.9 Å². The van der Waals surface area contributed by atoms with Gasteiger partial charge in [-0.2, -0.15) is 0 Å². The highest BCUT2D eigenvalue weighted by molar-refractivity contribution is 7.99. The van der Waals surface area contributed by atoms with Gasteiger partial charge in [0.15, 0.2) is 12.3 Å². The van der Waals surface area contributed by atoms with Gasteiger partial charge in [0.1, 0.15) is 11.3 Å². The van der Waals surface area contributed by atoms with Gasteiger partial charge in [-0.05, 0) is 43.7 Å². The topological polar surface area (TPSA) is 93.5 Å². The van der Waals surface area contributed by atoms with E-state index in [1.54, 1.807) is 9.80 Å². The van der Waals surface area contributed by atoms with Crippen LogP contribution in [0.15, 0.2) is 84.0 Å². The van der Waals surface area contributed by atoms with Crippen molar-refractivity contribution in [3.8, 4) is 5.75 Å². The highest BCUT2D eigenvalue weighted by atomic mass is 32.2. The van der Waals surface area contributed by atoms with Crippen LogP contribution >= 0.6 is 11.8 Å². The first-order valence-corrected chi connectivity index (χ1v) is 15.0. The monoisotopic (exact) mass is 580 g/mol. The molecule has 0 saturated carbocycles. The molecule has 1 aliphatic rings. The average Bonchev–Trinajstić information content (AvgIpc) is 3.31. The largest absolute Gasteiger partial charge is 0.484 e. The van der Waals surface area contributed by atoms with Crippen LogP contribution in [0.25, 0.3) is 22.1 Å². The Morgan fingerprint density at radius 1 is 0.952 bits per heavy atom. The van der Waals surface area contributed by atoms with Gasteiger partial charge in [-0.15, -0.1) is 10.2 Å². The Kier molecular flexibility index (Phi) is 8.05. The molecule has 6 rings (SSSR count). The number of hydrogen-bond acceptors (Lipinski definition) is 7. The smallest absolute Gasteiger partial charge is 0.260 e. The van der Waals surface area contributed by atoms with E-state index in [1.807, 2.05) is 55.5 Å². The first-order valence-electron chi connectivity index (χ1n) is 14.0. The third-order valence-corrected chi connectivity index (χ3v) is 8.34. The molecule has 1 fully saturated rings. The number of carbonyl (C=O) groups is 2. The van der Waals surface area contributed by atoms with Crippen LogP contribution in [0.3, 0.4) is 0 Å². The van der Waals surface area contributed by atoms with E-state index in [9.17, 15) is 9.59 Å². The molecule has 0 spiro atoms. The first-order chi connectivity index (χ1) is 20.5. The molecular weight excluding hydrogens is 548 g/mol. The average molecular weight is 581 g/mol. The SMILES string of the molecule is Cc1ccc2c(c1)c1nnc(SCC(=O)N3CCN(C(=O)COc4ccccc4)C(C)C3)nc1n2Cc1ccccc1. The molecule has 1 unspecified atom stereocenters. The zero-order valence-corrected chi connectivity index (χ0v) is 24.5. The molecule has 0 radical (unpaired) electrons. The van der Waals surface area contributed by atoms with Crippen molar-refractivity contribution < 1.29 is 14.3 Å². The summed E-state index contributed by atoms with van der Waals surface area (Å²) in [7, 11) is 0. The van der Waals surface area contributed by atoms with Crippen LogP contribution in [-0.2, 0) is 16.1 Å². The predicted octanol–water partition coefficient (Wildman–Crippen LogP) is 4.57. The number of thioether (sulfide) groups is 1. The molecule has 1 saturated heterocycles. The fourth-order valence-corrected chi connectivity index (χ4v) is 6.04. The number of carbonyl (C=O) groups excluding carboxylic acids is 2. The number of para-hydroxylation sites is 1. The van der Waals surface area contributed by atoms with Gasteiger partial charge in [0.2, 0.25) is 11.1 Å². The molecule has 2 amide bonds. The summed E-state index contributed by atoms with van der Waals surface area (Å²) in [5, 5.41) is 10.4. The van der Waals surface area contributed by atoms with Gasteiger partial charge < -0.3 is 19.1 Å². The molecule has 42 heavy (non-hydrogen) atoms. The Labute approximate surface area is 248 Å². The van der Waals surface area contributed by atoms with Crippen LogP contribution < -0.4 is 4.74 Å². The van der Waals surface area contributed by atoms with E-state index in [0.717, 1.165) is 27.6 Å². The van der Waals surface area contributed by atoms with Crippen molar-refractivity contribution >= 4 is 45.6 Å². The third-order valence-electron chi connectivity index (χ3n) is 7.52. The van der Waals surface area contributed by atoms with Gasteiger partial charge in [-0.25, -0.2) is 4.98 Å². The molecule has 3 heterocycles. The molecule has 0 bridgehead atoms. The van der Waals surface area contributed by atoms with Crippen LogP contribution in [0.2, 0.25) is 0 Å². The summed E-state index contributed by atoms with van der Waals surface area (Å²) in [5.41, 5.74) is 4.87. The molecular formula is C32H32N6O3S. The van der Waals surface area contributed by atoms with Crippen molar-refractivity contribution in [2.24, 2.45) is 0 Å². The Morgan fingerprint density at radius 2 is 1.71 bits per heavy atom. The van der Waals surface area contributed by atoms with E-state index in [1.165, 1.54) is 17.3 Å². The van der Waals surface area contributed by atoms with Crippen molar-refractivity contribution in [2.75, 3.05) is 32.0 Å². The van der Waals surface area contributed by atoms with Crippen LogP contribution in [0.5, 0.6) is 5.75 Å². The van der Waals surface area contributed by atoms with Crippen LogP contribution in [0.4, 0.5) is 0 Å². The number of piperazine rings is 1. The summed E-state index contributed by atoms with van der Waals surface area (Å²) in [6, 6.07) is 25.8. The van der Waals surface area contributed by atoms with Gasteiger partial charge in [-0.3, -0.25) is 9.59 Å². The summed E-state index contributed by atoms with van der Waals surface area (Å²) in [6.07, 6.45) is 0. The second kappa shape index (κ2) is 12.2. The van der Waals surface area contributed by atoms with E-state index in [-0.39, 0.29) is 30.2 Å². The van der Waals surface area contributed by atoms with Gasteiger partial charge in [0, 0.05) is 37.6 Å². The lowest BCUT2D eigenvalue weighted by molar-refractivity contribution is -0.142. The summed E-state index contributed by atoms with van der Waals surface area (Å²) < 4.78 is 7.80. The Balaban J connectivity index is 1.11. The highest BCUT2D eigenvalue weighted by Crippen LogP contribution is 2.29. The van der Waals surface area contributed by atoms with Crippen molar-refractivity contribution in [2.45, 2.75) is 31.6 Å². The van der Waals surface area contributed by atoms with Crippen LogP contribution in [0, 0.1) is 6.92 Å². The maximum absolute atomic E-state index is 13.2. The number of aromatic nitrogens is 4. The minimum absolute atomic E-state index is 0.0105. The number of ether oxygens (including phenoxy) is 1. The van der Waals surface area contributed by atoms with E-state index >= 15 is 0 Å². The van der Waals surface area contributed by atoms with Crippen molar-refractivity contribution in [1.82, 2.24) is 29.5 Å². The lowest BCUT2D eigenvalue weighted by Gasteiger charge is -2.39. The van der Waals surface area contributed by atoms with Crippen molar-refractivity contribution in [3.63, 3.8) is 0 Å². The maximum Gasteiger partial charge on any atom is 0.260 e. The van der Waals surface area contributed by atoms with E-state index in [0.29, 0.717) is 37.1 Å². The number of aryl methyl sites for hydroxylation is 1. The Morgan fingerprint density at radius 3 is 2.48 bits per heavy atom. The molecule has 0 N–H and O–H groups in total. The Hall–Kier alpha value is -4.44. The predicted molar refractivity (Wildman–Crippen MR) is 164 cm³/mol. The molecule has 5 aromatic rings. The summed E-state index contributed by atoms with van der Waals surface area (Å²) >= 11 is 1.29. The number of fused-ring (bicyclic) bond motifs is 3. The lowest BCUT2D eigenvalue weighted by atomic mass is 10.1. The number of rotatable bonds is 8. The quantitative estimate of drug-likeness (QED) is 0.248. The van der Waals surface area contributed by atoms with E-state index in [2.05, 4.69) is 52.0 Å². The maximum atomic E-state index is 13.2. The molecule has 2 aromatic heterocycles. The molecule has 0 aliphatic carbocycles. The Bertz CT molecular complexity index is 1730. The molecule has 9 nitrogen and oxygen atoms in total. The zero-order valence-electron chi connectivity index (χ0n) is 23.6. The number of amides is 2. The molecule has 214 valence electrons. The van der Waals surface area contributed by atoms with Gasteiger partial charge >= 0.3 is 0 Å². The van der Waals surface area contributed by atoms with E-state index in [4.69, 9.17) is 9.72 Å². The second-order valence-electron chi connectivity index (χ2n) is 10.5. The second-order valence-corrected chi connectivity index (χ2v) is 11.5. The molecule has 10 heteroatoms. The minimum atomic E-state index is -0.106. The summed E-state index contributed by atoms with van der Waals surface area (Å²) in [4.78, 5) is 34.4. The highest BCUT2D eigenvalue weighted by Gasteiger charge is 2.30. The third kappa shape index (κ3) is 5.94. The van der Waals surface area contributed by atoms with Crippen molar-refractivity contribution in [1.29, 1.82) is 0 Å². The van der Waals surface area contributed by atoms with Gasteiger partial charge in [0.05, 0.1) is 11.3 Å². The summed E-state index contributed by atoms with van der Waals surface area (Å²) in [6.45, 7) is 6.07. The minimum Gasteiger partial charge on any atom is -0.484 e. The van der Waals surface area contributed by atoms with E-state index < -0.39 is 0 Å². The number of nitrogens with zero attached hydrogens (tertiary/aromatic N) is 6. The lowest BCUT2D eigenvalue weighted by Crippen LogP contribution is -2.56. The number of hydrogen-bond donors (Lipinski definition) is 0. The van der Waals surface area contributed by atoms with Crippen molar-refractivity contribution in [3.05, 3.63) is 90.0 Å². The molecule has 1 atom stereocenters. The first kappa shape index (κ1) is 27.7. The summed E-state index contributed by atoms with van der Waals surface area (Å²) in [5.74, 6) is 0.767. The zero-order chi connectivity index (χ0) is 29.1. The normalized spacial score (nSPS) is 15.3. The van der Waals surface area contributed by atoms with Crippen LogP contribution in [0.1, 0.15) is 18.1 Å². The van der Waals surface area contributed by atoms with Crippen LogP contribution in [-0.4, -0.2) is 79.4 Å². The molecule has 1 aliphatic heterocycles. The molecule has 3 aromatic carbocycles. The standard InChI is InChI=1S/C32H32N6O3S/c1-22-13-14-27-26(17-22)30-31(38(27)19-24-9-5-3-6-10-24)33-32(35-34-30)42-21-29(40)36-15-16-37(23(2)18-36)28(39)20-41-25-11-7-4-8-12-25/h3-14,17,23H,15-16,18-21H2,1-2H3.